The molecule has 4 heteroatoms. The summed E-state index contributed by atoms with van der Waals surface area (Å²) in [5.41, 5.74) is 7.41. The highest BCUT2D eigenvalue weighted by Crippen LogP contribution is 2.17. The summed E-state index contributed by atoms with van der Waals surface area (Å²) in [5, 5.41) is 12.2. The second kappa shape index (κ2) is 5.40. The maximum absolute atomic E-state index is 13.5. The summed E-state index contributed by atoms with van der Waals surface area (Å²) in [6.45, 7) is 0.617. The molecule has 2 aromatic carbocycles. The lowest BCUT2D eigenvalue weighted by molar-refractivity contribution is 0.475. The number of anilines is 2. The molecule has 0 aliphatic rings. The molecule has 94 valence electrons. The molecule has 0 saturated heterocycles. The van der Waals surface area contributed by atoms with Crippen molar-refractivity contribution in [3.05, 3.63) is 53.8 Å². The minimum Gasteiger partial charge on any atom is -0.508 e. The number of nitrogen functional groups attached to an aromatic ring is 1. The van der Waals surface area contributed by atoms with Crippen LogP contribution in [0.4, 0.5) is 15.8 Å². The zero-order chi connectivity index (χ0) is 13.0. The average Bonchev–Trinajstić information content (AvgIpc) is 2.34. The van der Waals surface area contributed by atoms with Crippen LogP contribution >= 0.6 is 0 Å². The first-order valence-electron chi connectivity index (χ1n) is 5.72. The summed E-state index contributed by atoms with van der Waals surface area (Å²) in [4.78, 5) is 0. The van der Waals surface area contributed by atoms with Crippen LogP contribution in [0.15, 0.2) is 42.5 Å². The van der Waals surface area contributed by atoms with Crippen LogP contribution in [0, 0.1) is 5.82 Å². The molecular formula is C14H15FN2O. The van der Waals surface area contributed by atoms with Crippen LogP contribution in [0.2, 0.25) is 0 Å². The van der Waals surface area contributed by atoms with Gasteiger partial charge in [-0.2, -0.15) is 0 Å². The van der Waals surface area contributed by atoms with Crippen molar-refractivity contribution in [2.45, 2.75) is 6.42 Å². The van der Waals surface area contributed by atoms with E-state index in [4.69, 9.17) is 10.8 Å². The van der Waals surface area contributed by atoms with Crippen LogP contribution in [0.5, 0.6) is 5.75 Å². The minimum absolute atomic E-state index is 0.247. The average molecular weight is 246 g/mol. The number of hydrogen-bond acceptors (Lipinski definition) is 3. The van der Waals surface area contributed by atoms with Crippen LogP contribution in [0.3, 0.4) is 0 Å². The van der Waals surface area contributed by atoms with Gasteiger partial charge in [0.15, 0.2) is 0 Å². The molecule has 0 aromatic heterocycles. The SMILES string of the molecule is Nc1ccc(NCCc2ccc(O)cc2)c(F)c1. The fourth-order valence-electron chi connectivity index (χ4n) is 1.68. The first kappa shape index (κ1) is 12.2. The predicted octanol–water partition coefficient (Wildman–Crippen LogP) is 2.77. The normalized spacial score (nSPS) is 10.3. The van der Waals surface area contributed by atoms with Crippen molar-refractivity contribution in [2.24, 2.45) is 0 Å². The molecule has 0 amide bonds. The number of phenolic OH excluding ortho intramolecular Hbond substituents is 1. The van der Waals surface area contributed by atoms with E-state index in [1.54, 1.807) is 24.3 Å². The number of hydrogen-bond donors (Lipinski definition) is 3. The topological polar surface area (TPSA) is 58.3 Å². The van der Waals surface area contributed by atoms with Gasteiger partial charge in [-0.15, -0.1) is 0 Å². The Hall–Kier alpha value is -2.23. The molecule has 0 aliphatic heterocycles. The highest BCUT2D eigenvalue weighted by molar-refractivity contribution is 5.52. The number of aromatic hydroxyl groups is 1. The monoisotopic (exact) mass is 246 g/mol. The lowest BCUT2D eigenvalue weighted by atomic mass is 10.1. The summed E-state index contributed by atoms with van der Waals surface area (Å²) in [6, 6.07) is 11.5. The zero-order valence-electron chi connectivity index (χ0n) is 9.86. The van der Waals surface area contributed by atoms with E-state index < -0.39 is 0 Å². The number of phenols is 1. The van der Waals surface area contributed by atoms with E-state index in [9.17, 15) is 4.39 Å². The smallest absolute Gasteiger partial charge is 0.148 e. The second-order valence-electron chi connectivity index (χ2n) is 4.08. The Bertz CT molecular complexity index is 526. The molecule has 0 spiro atoms. The van der Waals surface area contributed by atoms with E-state index in [2.05, 4.69) is 5.32 Å². The quantitative estimate of drug-likeness (QED) is 0.727. The van der Waals surface area contributed by atoms with Crippen molar-refractivity contribution in [3.8, 4) is 5.75 Å². The molecule has 0 fully saturated rings. The summed E-state index contributed by atoms with van der Waals surface area (Å²) in [6.07, 6.45) is 0.754. The van der Waals surface area contributed by atoms with Gasteiger partial charge in [0.25, 0.3) is 0 Å². The zero-order valence-corrected chi connectivity index (χ0v) is 9.86. The molecule has 3 nitrogen and oxygen atoms in total. The fraction of sp³-hybridized carbons (Fsp3) is 0.143. The first-order valence-corrected chi connectivity index (χ1v) is 5.72. The Balaban J connectivity index is 1.90. The van der Waals surface area contributed by atoms with Gasteiger partial charge in [0, 0.05) is 12.2 Å². The maximum atomic E-state index is 13.5. The third-order valence-electron chi connectivity index (χ3n) is 2.66. The van der Waals surface area contributed by atoms with Gasteiger partial charge < -0.3 is 16.2 Å². The maximum Gasteiger partial charge on any atom is 0.148 e. The third-order valence-corrected chi connectivity index (χ3v) is 2.66. The Morgan fingerprint density at radius 1 is 1.11 bits per heavy atom. The van der Waals surface area contributed by atoms with E-state index in [0.29, 0.717) is 17.9 Å². The van der Waals surface area contributed by atoms with Gasteiger partial charge in [0.05, 0.1) is 5.69 Å². The molecule has 0 aliphatic carbocycles. The molecule has 2 aromatic rings. The van der Waals surface area contributed by atoms with Crippen LogP contribution in [0.25, 0.3) is 0 Å². The van der Waals surface area contributed by atoms with Gasteiger partial charge in [-0.1, -0.05) is 12.1 Å². The van der Waals surface area contributed by atoms with E-state index in [-0.39, 0.29) is 11.6 Å². The van der Waals surface area contributed by atoms with Crippen LogP contribution < -0.4 is 11.1 Å². The molecule has 0 radical (unpaired) electrons. The van der Waals surface area contributed by atoms with Crippen molar-refractivity contribution in [2.75, 3.05) is 17.6 Å². The van der Waals surface area contributed by atoms with Crippen molar-refractivity contribution < 1.29 is 9.50 Å². The number of halogens is 1. The Labute approximate surface area is 105 Å². The lowest BCUT2D eigenvalue weighted by Gasteiger charge is -2.08. The number of nitrogens with two attached hydrogens (primary N) is 1. The fourth-order valence-corrected chi connectivity index (χ4v) is 1.68. The van der Waals surface area contributed by atoms with Crippen molar-refractivity contribution in [3.63, 3.8) is 0 Å². The second-order valence-corrected chi connectivity index (χ2v) is 4.08. The standard InChI is InChI=1S/C14H15FN2O/c15-13-9-11(16)3-6-14(13)17-8-7-10-1-4-12(18)5-2-10/h1-6,9,17-18H,7-8,16H2. The van der Waals surface area contributed by atoms with Gasteiger partial charge in [-0.05, 0) is 42.3 Å². The molecule has 0 saturated carbocycles. The summed E-state index contributed by atoms with van der Waals surface area (Å²) in [7, 11) is 0. The molecule has 2 rings (SSSR count). The highest BCUT2D eigenvalue weighted by atomic mass is 19.1. The van der Waals surface area contributed by atoms with Crippen LogP contribution in [0.1, 0.15) is 5.56 Å². The van der Waals surface area contributed by atoms with E-state index in [1.165, 1.54) is 6.07 Å². The first-order chi connectivity index (χ1) is 8.65. The molecule has 0 unspecified atom stereocenters. The highest BCUT2D eigenvalue weighted by Gasteiger charge is 2.01. The molecular weight excluding hydrogens is 231 g/mol. The molecule has 0 bridgehead atoms. The van der Waals surface area contributed by atoms with Gasteiger partial charge >= 0.3 is 0 Å². The summed E-state index contributed by atoms with van der Waals surface area (Å²) >= 11 is 0. The van der Waals surface area contributed by atoms with Crippen molar-refractivity contribution in [1.82, 2.24) is 0 Å². The van der Waals surface area contributed by atoms with E-state index >= 15 is 0 Å². The van der Waals surface area contributed by atoms with Crippen LogP contribution in [-0.4, -0.2) is 11.7 Å². The minimum atomic E-state index is -0.347. The Morgan fingerprint density at radius 3 is 2.50 bits per heavy atom. The van der Waals surface area contributed by atoms with Gasteiger partial charge in [-0.3, -0.25) is 0 Å². The molecule has 18 heavy (non-hydrogen) atoms. The number of rotatable bonds is 4. The Morgan fingerprint density at radius 2 is 1.83 bits per heavy atom. The lowest BCUT2D eigenvalue weighted by Crippen LogP contribution is -2.06. The molecule has 0 heterocycles. The van der Waals surface area contributed by atoms with Crippen molar-refractivity contribution >= 4 is 11.4 Å². The molecule has 0 atom stereocenters. The van der Waals surface area contributed by atoms with E-state index in [0.717, 1.165) is 12.0 Å². The third kappa shape index (κ3) is 3.13. The number of benzene rings is 2. The predicted molar refractivity (Wildman–Crippen MR) is 71.1 cm³/mol. The summed E-state index contributed by atoms with van der Waals surface area (Å²) in [5.74, 6) is -0.100. The largest absolute Gasteiger partial charge is 0.508 e. The Kier molecular flexibility index (Phi) is 3.67. The van der Waals surface area contributed by atoms with E-state index in [1.807, 2.05) is 12.1 Å². The van der Waals surface area contributed by atoms with Gasteiger partial charge in [0.1, 0.15) is 11.6 Å². The van der Waals surface area contributed by atoms with Gasteiger partial charge in [-0.25, -0.2) is 4.39 Å². The molecule has 4 N–H and O–H groups in total. The summed E-state index contributed by atoms with van der Waals surface area (Å²) < 4.78 is 13.5. The number of nitrogens with one attached hydrogen (secondary N) is 1. The van der Waals surface area contributed by atoms with Gasteiger partial charge in [0.2, 0.25) is 0 Å². The van der Waals surface area contributed by atoms with Crippen molar-refractivity contribution in [1.29, 1.82) is 0 Å². The van der Waals surface area contributed by atoms with Crippen LogP contribution in [-0.2, 0) is 6.42 Å².